The Bertz CT molecular complexity index is 908. The second-order valence-electron chi connectivity index (χ2n) is 7.03. The van der Waals surface area contributed by atoms with Crippen LogP contribution >= 0.6 is 0 Å². The molecule has 144 valence electrons. The topological polar surface area (TPSA) is 55.8 Å². The normalized spacial score (nSPS) is 20.4. The van der Waals surface area contributed by atoms with E-state index in [1.165, 1.54) is 0 Å². The molecule has 5 nitrogen and oxygen atoms in total. The second kappa shape index (κ2) is 7.52. The highest BCUT2D eigenvalue weighted by Crippen LogP contribution is 2.40. The van der Waals surface area contributed by atoms with Crippen LogP contribution in [0.1, 0.15) is 43.4 Å². The van der Waals surface area contributed by atoms with Crippen LogP contribution < -0.4 is 9.47 Å². The van der Waals surface area contributed by atoms with Crippen LogP contribution in [0.2, 0.25) is 0 Å². The summed E-state index contributed by atoms with van der Waals surface area (Å²) in [4.78, 5) is 0.362. The molecule has 0 N–H and O–H groups in total. The molecule has 0 spiro atoms. The number of sulfonamides is 1. The fourth-order valence-electron chi connectivity index (χ4n) is 3.78. The van der Waals surface area contributed by atoms with Crippen LogP contribution in [-0.4, -0.2) is 32.5 Å². The molecule has 2 aromatic rings. The second-order valence-corrected chi connectivity index (χ2v) is 8.92. The largest absolute Gasteiger partial charge is 0.490 e. The van der Waals surface area contributed by atoms with Gasteiger partial charge in [0.15, 0.2) is 11.5 Å². The van der Waals surface area contributed by atoms with Crippen molar-refractivity contribution in [1.29, 1.82) is 0 Å². The van der Waals surface area contributed by atoms with Gasteiger partial charge < -0.3 is 9.47 Å². The van der Waals surface area contributed by atoms with Gasteiger partial charge in [0.2, 0.25) is 10.0 Å². The van der Waals surface area contributed by atoms with Crippen molar-refractivity contribution in [2.75, 3.05) is 19.8 Å². The first-order valence-corrected chi connectivity index (χ1v) is 11.0. The van der Waals surface area contributed by atoms with Crippen molar-refractivity contribution < 1.29 is 17.9 Å². The number of rotatable bonds is 4. The van der Waals surface area contributed by atoms with E-state index in [0.29, 0.717) is 30.4 Å². The molecule has 0 radical (unpaired) electrons. The van der Waals surface area contributed by atoms with E-state index in [4.69, 9.17) is 9.47 Å². The quantitative estimate of drug-likeness (QED) is 0.797. The Morgan fingerprint density at radius 2 is 1.74 bits per heavy atom. The summed E-state index contributed by atoms with van der Waals surface area (Å²) >= 11 is 0. The predicted molar refractivity (Wildman–Crippen MR) is 104 cm³/mol. The maximum atomic E-state index is 13.2. The first-order valence-electron chi connectivity index (χ1n) is 9.60. The van der Waals surface area contributed by atoms with Crippen molar-refractivity contribution in [3.63, 3.8) is 0 Å². The number of benzene rings is 2. The van der Waals surface area contributed by atoms with Gasteiger partial charge in [0.25, 0.3) is 0 Å². The zero-order valence-electron chi connectivity index (χ0n) is 15.6. The lowest BCUT2D eigenvalue weighted by Crippen LogP contribution is -2.30. The molecule has 0 aromatic heterocycles. The van der Waals surface area contributed by atoms with Gasteiger partial charge in [-0.25, -0.2) is 8.42 Å². The average Bonchev–Trinajstić information content (AvgIpc) is 3.08. The lowest BCUT2D eigenvalue weighted by Gasteiger charge is -2.25. The van der Waals surface area contributed by atoms with E-state index in [9.17, 15) is 8.42 Å². The van der Waals surface area contributed by atoms with Gasteiger partial charge in [-0.3, -0.25) is 0 Å². The Morgan fingerprint density at radius 1 is 1.00 bits per heavy atom. The molecule has 27 heavy (non-hydrogen) atoms. The van der Waals surface area contributed by atoms with Gasteiger partial charge in [-0.05, 0) is 54.7 Å². The summed E-state index contributed by atoms with van der Waals surface area (Å²) < 4.78 is 39.6. The third-order valence-electron chi connectivity index (χ3n) is 5.30. The molecule has 1 atom stereocenters. The summed E-state index contributed by atoms with van der Waals surface area (Å²) in [7, 11) is -3.53. The lowest BCUT2D eigenvalue weighted by molar-refractivity contribution is 0.296. The number of nitrogens with zero attached hydrogens (tertiary/aromatic N) is 1. The molecular formula is C21H25NO4S. The molecule has 4 rings (SSSR count). The van der Waals surface area contributed by atoms with E-state index in [2.05, 4.69) is 6.92 Å². The molecule has 2 aromatic carbocycles. The van der Waals surface area contributed by atoms with Crippen LogP contribution in [0.4, 0.5) is 0 Å². The summed E-state index contributed by atoms with van der Waals surface area (Å²) in [6.07, 6.45) is 3.41. The smallest absolute Gasteiger partial charge is 0.243 e. The third-order valence-corrected chi connectivity index (χ3v) is 7.22. The molecule has 0 amide bonds. The van der Waals surface area contributed by atoms with E-state index < -0.39 is 10.0 Å². The summed E-state index contributed by atoms with van der Waals surface area (Å²) in [6.45, 7) is 3.86. The van der Waals surface area contributed by atoms with Gasteiger partial charge in [0, 0.05) is 13.0 Å². The molecular weight excluding hydrogens is 362 g/mol. The molecule has 1 fully saturated rings. The number of ether oxygens (including phenoxy) is 2. The standard InChI is InChI=1S/C21H25NO4S/c1-2-16-6-9-18(10-7-16)27(23,24)22-12-3-5-19(22)17-8-11-20-21(15-17)26-14-4-13-25-20/h6-11,15,19H,2-5,12-14H2,1H3. The van der Waals surface area contributed by atoms with E-state index >= 15 is 0 Å². The minimum atomic E-state index is -3.53. The van der Waals surface area contributed by atoms with Crippen LogP contribution in [-0.2, 0) is 16.4 Å². The number of fused-ring (bicyclic) bond motifs is 1. The van der Waals surface area contributed by atoms with E-state index in [-0.39, 0.29) is 6.04 Å². The Balaban J connectivity index is 1.64. The molecule has 6 heteroatoms. The molecule has 0 saturated carbocycles. The van der Waals surface area contributed by atoms with Crippen LogP contribution in [0.15, 0.2) is 47.4 Å². The maximum absolute atomic E-state index is 13.2. The first-order chi connectivity index (χ1) is 13.1. The van der Waals surface area contributed by atoms with Crippen molar-refractivity contribution in [1.82, 2.24) is 4.31 Å². The minimum Gasteiger partial charge on any atom is -0.490 e. The van der Waals surface area contributed by atoms with Gasteiger partial charge in [-0.2, -0.15) is 4.31 Å². The average molecular weight is 388 g/mol. The molecule has 1 saturated heterocycles. The Labute approximate surface area is 161 Å². The van der Waals surface area contributed by atoms with E-state index in [0.717, 1.165) is 42.6 Å². The van der Waals surface area contributed by atoms with Crippen molar-refractivity contribution in [3.8, 4) is 11.5 Å². The highest BCUT2D eigenvalue weighted by atomic mass is 32.2. The van der Waals surface area contributed by atoms with Crippen LogP contribution in [0.3, 0.4) is 0 Å². The van der Waals surface area contributed by atoms with Crippen LogP contribution in [0.25, 0.3) is 0 Å². The van der Waals surface area contributed by atoms with Gasteiger partial charge in [0.1, 0.15) is 0 Å². The van der Waals surface area contributed by atoms with Crippen LogP contribution in [0, 0.1) is 0 Å². The molecule has 0 bridgehead atoms. The summed E-state index contributed by atoms with van der Waals surface area (Å²) in [5.41, 5.74) is 2.10. The monoisotopic (exact) mass is 387 g/mol. The molecule has 2 heterocycles. The zero-order chi connectivity index (χ0) is 18.9. The summed E-state index contributed by atoms with van der Waals surface area (Å²) in [5, 5.41) is 0. The van der Waals surface area contributed by atoms with Crippen LogP contribution in [0.5, 0.6) is 11.5 Å². The van der Waals surface area contributed by atoms with E-state index in [1.54, 1.807) is 16.4 Å². The summed E-state index contributed by atoms with van der Waals surface area (Å²) in [6, 6.07) is 12.9. The molecule has 1 unspecified atom stereocenters. The van der Waals surface area contributed by atoms with Gasteiger partial charge in [-0.1, -0.05) is 25.1 Å². The van der Waals surface area contributed by atoms with E-state index in [1.807, 2.05) is 30.3 Å². The van der Waals surface area contributed by atoms with Crippen molar-refractivity contribution in [3.05, 3.63) is 53.6 Å². The fourth-order valence-corrected chi connectivity index (χ4v) is 5.46. The minimum absolute atomic E-state index is 0.169. The Morgan fingerprint density at radius 3 is 2.48 bits per heavy atom. The third kappa shape index (κ3) is 3.56. The highest BCUT2D eigenvalue weighted by molar-refractivity contribution is 7.89. The van der Waals surface area contributed by atoms with Crippen molar-refractivity contribution >= 4 is 10.0 Å². The fraction of sp³-hybridized carbons (Fsp3) is 0.429. The molecule has 2 aliphatic rings. The number of hydrogen-bond acceptors (Lipinski definition) is 4. The van der Waals surface area contributed by atoms with Crippen molar-refractivity contribution in [2.24, 2.45) is 0 Å². The van der Waals surface area contributed by atoms with Gasteiger partial charge >= 0.3 is 0 Å². The zero-order valence-corrected chi connectivity index (χ0v) is 16.4. The highest BCUT2D eigenvalue weighted by Gasteiger charge is 2.36. The number of aryl methyl sites for hydroxylation is 1. The molecule has 2 aliphatic heterocycles. The SMILES string of the molecule is CCc1ccc(S(=O)(=O)N2CCCC2c2ccc3c(c2)OCCCO3)cc1. The van der Waals surface area contributed by atoms with Crippen molar-refractivity contribution in [2.45, 2.75) is 43.5 Å². The van der Waals surface area contributed by atoms with Gasteiger partial charge in [0.05, 0.1) is 24.2 Å². The predicted octanol–water partition coefficient (Wildman–Crippen LogP) is 3.94. The number of hydrogen-bond donors (Lipinski definition) is 0. The lowest BCUT2D eigenvalue weighted by atomic mass is 10.0. The maximum Gasteiger partial charge on any atom is 0.243 e. The Hall–Kier alpha value is -2.05. The first kappa shape index (κ1) is 18.3. The molecule has 0 aliphatic carbocycles. The summed E-state index contributed by atoms with van der Waals surface area (Å²) in [5.74, 6) is 1.44. The Kier molecular flexibility index (Phi) is 5.10. The van der Waals surface area contributed by atoms with Gasteiger partial charge in [-0.15, -0.1) is 0 Å².